The highest BCUT2D eigenvalue weighted by atomic mass is 19.3. The Morgan fingerprint density at radius 1 is 1.05 bits per heavy atom. The van der Waals surface area contributed by atoms with Gasteiger partial charge >= 0.3 is 12.1 Å². The molecule has 0 saturated carbocycles. The second-order valence-electron chi connectivity index (χ2n) is 4.20. The van der Waals surface area contributed by atoms with Crippen molar-refractivity contribution in [2.24, 2.45) is 0 Å². The fourth-order valence-corrected chi connectivity index (χ4v) is 1.81. The first-order chi connectivity index (χ1) is 10.0. The highest BCUT2D eigenvalue weighted by molar-refractivity contribution is 5.77. The number of hydrogen-bond acceptors (Lipinski definition) is 3. The van der Waals surface area contributed by atoms with E-state index in [1.807, 2.05) is 6.07 Å². The third-order valence-corrected chi connectivity index (χ3v) is 2.72. The Labute approximate surface area is 121 Å². The highest BCUT2D eigenvalue weighted by Gasteiger charge is 2.44. The van der Waals surface area contributed by atoms with Gasteiger partial charge in [0.1, 0.15) is 5.75 Å². The lowest BCUT2D eigenvalue weighted by molar-refractivity contribution is -0.216. The Balaban J connectivity index is 2.31. The standard InChI is InChI=1S/C16H14F2O3/c1-2-20-15(19)16(17,18)21-14-11-7-6-10-13(14)12-8-4-3-5-9-12/h3-11H,2H2,1H3. The first-order valence-electron chi connectivity index (χ1n) is 6.43. The van der Waals surface area contributed by atoms with Crippen molar-refractivity contribution in [3.8, 4) is 16.9 Å². The maximum Gasteiger partial charge on any atom is 0.502 e. The molecule has 0 aliphatic rings. The Morgan fingerprint density at radius 3 is 2.33 bits per heavy atom. The van der Waals surface area contributed by atoms with E-state index in [0.29, 0.717) is 11.1 Å². The van der Waals surface area contributed by atoms with Crippen molar-refractivity contribution >= 4 is 5.97 Å². The zero-order valence-corrected chi connectivity index (χ0v) is 11.4. The van der Waals surface area contributed by atoms with Crippen LogP contribution in [0.4, 0.5) is 8.78 Å². The molecule has 0 aliphatic carbocycles. The summed E-state index contributed by atoms with van der Waals surface area (Å²) in [4.78, 5) is 11.2. The predicted octanol–water partition coefficient (Wildman–Crippen LogP) is 3.89. The van der Waals surface area contributed by atoms with Crippen molar-refractivity contribution in [2.75, 3.05) is 6.61 Å². The Bertz CT molecular complexity index is 612. The van der Waals surface area contributed by atoms with Crippen LogP contribution in [0, 0.1) is 0 Å². The van der Waals surface area contributed by atoms with Gasteiger partial charge < -0.3 is 9.47 Å². The summed E-state index contributed by atoms with van der Waals surface area (Å²) in [5.41, 5.74) is 1.19. The summed E-state index contributed by atoms with van der Waals surface area (Å²) < 4.78 is 36.3. The van der Waals surface area contributed by atoms with Gasteiger partial charge in [-0.05, 0) is 18.6 Å². The Kier molecular flexibility index (Phi) is 4.52. The van der Waals surface area contributed by atoms with Crippen LogP contribution in [-0.2, 0) is 9.53 Å². The van der Waals surface area contributed by atoms with E-state index >= 15 is 0 Å². The molecule has 0 fully saturated rings. The van der Waals surface area contributed by atoms with Crippen LogP contribution in [0.25, 0.3) is 11.1 Å². The first-order valence-corrected chi connectivity index (χ1v) is 6.43. The topological polar surface area (TPSA) is 35.5 Å². The van der Waals surface area contributed by atoms with Gasteiger partial charge in [0.05, 0.1) is 6.61 Å². The van der Waals surface area contributed by atoms with Crippen molar-refractivity contribution < 1.29 is 23.0 Å². The lowest BCUT2D eigenvalue weighted by atomic mass is 10.1. The fourth-order valence-electron chi connectivity index (χ4n) is 1.81. The number of carbonyl (C=O) groups is 1. The monoisotopic (exact) mass is 292 g/mol. The average Bonchev–Trinajstić information content (AvgIpc) is 2.48. The van der Waals surface area contributed by atoms with Crippen LogP contribution in [-0.4, -0.2) is 18.7 Å². The van der Waals surface area contributed by atoms with E-state index in [4.69, 9.17) is 0 Å². The van der Waals surface area contributed by atoms with E-state index in [1.165, 1.54) is 13.0 Å². The molecule has 0 amide bonds. The summed E-state index contributed by atoms with van der Waals surface area (Å²) in [6, 6.07) is 15.2. The average molecular weight is 292 g/mol. The SMILES string of the molecule is CCOC(=O)C(F)(F)Oc1ccccc1-c1ccccc1. The van der Waals surface area contributed by atoms with Crippen LogP contribution < -0.4 is 4.74 Å². The molecule has 0 spiro atoms. The summed E-state index contributed by atoms with van der Waals surface area (Å²) >= 11 is 0. The summed E-state index contributed by atoms with van der Waals surface area (Å²) in [7, 11) is 0. The molecule has 0 unspecified atom stereocenters. The minimum atomic E-state index is -4.03. The molecule has 2 aromatic carbocycles. The molecule has 0 saturated heterocycles. The number of halogens is 2. The third-order valence-electron chi connectivity index (χ3n) is 2.72. The molecule has 0 aliphatic heterocycles. The molecule has 5 heteroatoms. The highest BCUT2D eigenvalue weighted by Crippen LogP contribution is 2.33. The van der Waals surface area contributed by atoms with Gasteiger partial charge in [0, 0.05) is 5.56 Å². The fraction of sp³-hybridized carbons (Fsp3) is 0.188. The summed E-state index contributed by atoms with van der Waals surface area (Å²) in [5, 5.41) is 0. The number of hydrogen-bond donors (Lipinski definition) is 0. The molecule has 0 radical (unpaired) electrons. The van der Waals surface area contributed by atoms with Crippen LogP contribution in [0.15, 0.2) is 54.6 Å². The van der Waals surface area contributed by atoms with E-state index in [-0.39, 0.29) is 12.4 Å². The maximum atomic E-state index is 13.7. The first kappa shape index (κ1) is 15.0. The van der Waals surface area contributed by atoms with Crippen LogP contribution in [0.5, 0.6) is 5.75 Å². The van der Waals surface area contributed by atoms with E-state index in [0.717, 1.165) is 0 Å². The zero-order chi connectivity index (χ0) is 15.3. The maximum absolute atomic E-state index is 13.7. The Morgan fingerprint density at radius 2 is 1.67 bits per heavy atom. The lowest BCUT2D eigenvalue weighted by Crippen LogP contribution is -2.37. The van der Waals surface area contributed by atoms with E-state index < -0.39 is 12.1 Å². The van der Waals surface area contributed by atoms with Gasteiger partial charge in [-0.15, -0.1) is 0 Å². The molecule has 3 nitrogen and oxygen atoms in total. The molecule has 110 valence electrons. The second-order valence-corrected chi connectivity index (χ2v) is 4.20. The van der Waals surface area contributed by atoms with E-state index in [2.05, 4.69) is 9.47 Å². The number of para-hydroxylation sites is 1. The van der Waals surface area contributed by atoms with Crippen molar-refractivity contribution in [1.82, 2.24) is 0 Å². The molecule has 0 heterocycles. The molecule has 0 aromatic heterocycles. The van der Waals surface area contributed by atoms with Gasteiger partial charge in [0.25, 0.3) is 0 Å². The summed E-state index contributed by atoms with van der Waals surface area (Å²) in [6.45, 7) is 1.31. The van der Waals surface area contributed by atoms with Crippen LogP contribution >= 0.6 is 0 Å². The van der Waals surface area contributed by atoms with Crippen LogP contribution in [0.2, 0.25) is 0 Å². The molecule has 21 heavy (non-hydrogen) atoms. The smallest absolute Gasteiger partial charge is 0.459 e. The molecule has 0 atom stereocenters. The molecule has 0 N–H and O–H groups in total. The number of ether oxygens (including phenoxy) is 2. The van der Waals surface area contributed by atoms with Crippen molar-refractivity contribution in [2.45, 2.75) is 13.0 Å². The molecule has 0 bridgehead atoms. The number of benzene rings is 2. The van der Waals surface area contributed by atoms with Crippen molar-refractivity contribution in [3.63, 3.8) is 0 Å². The van der Waals surface area contributed by atoms with Crippen molar-refractivity contribution in [3.05, 3.63) is 54.6 Å². The Hall–Kier alpha value is -2.43. The lowest BCUT2D eigenvalue weighted by Gasteiger charge is -2.18. The summed E-state index contributed by atoms with van der Waals surface area (Å²) in [6.07, 6.45) is -4.03. The predicted molar refractivity (Wildman–Crippen MR) is 74.1 cm³/mol. The molecular formula is C16H14F2O3. The van der Waals surface area contributed by atoms with E-state index in [9.17, 15) is 13.6 Å². The summed E-state index contributed by atoms with van der Waals surface area (Å²) in [5.74, 6) is -1.78. The molecule has 2 rings (SSSR count). The van der Waals surface area contributed by atoms with Crippen LogP contribution in [0.3, 0.4) is 0 Å². The number of rotatable bonds is 5. The third kappa shape index (κ3) is 3.56. The number of carbonyl (C=O) groups excluding carboxylic acids is 1. The van der Waals surface area contributed by atoms with Crippen molar-refractivity contribution in [1.29, 1.82) is 0 Å². The van der Waals surface area contributed by atoms with Crippen LogP contribution in [0.1, 0.15) is 6.92 Å². The van der Waals surface area contributed by atoms with Gasteiger partial charge in [-0.3, -0.25) is 0 Å². The number of esters is 1. The zero-order valence-electron chi connectivity index (χ0n) is 11.4. The quantitative estimate of drug-likeness (QED) is 0.784. The van der Waals surface area contributed by atoms with Gasteiger partial charge in [0.15, 0.2) is 0 Å². The number of alkyl halides is 2. The van der Waals surface area contributed by atoms with Gasteiger partial charge in [0.2, 0.25) is 0 Å². The normalized spacial score (nSPS) is 11.0. The van der Waals surface area contributed by atoms with E-state index in [1.54, 1.807) is 42.5 Å². The minimum Gasteiger partial charge on any atom is -0.459 e. The minimum absolute atomic E-state index is 0.0817. The van der Waals surface area contributed by atoms with Gasteiger partial charge in [-0.2, -0.15) is 8.78 Å². The van der Waals surface area contributed by atoms with Gasteiger partial charge in [-0.25, -0.2) is 4.79 Å². The molecular weight excluding hydrogens is 278 g/mol. The second kappa shape index (κ2) is 6.35. The molecule has 2 aromatic rings. The largest absolute Gasteiger partial charge is 0.502 e. The van der Waals surface area contributed by atoms with Gasteiger partial charge in [-0.1, -0.05) is 48.5 Å².